The summed E-state index contributed by atoms with van der Waals surface area (Å²) in [5, 5.41) is 32.4. The number of rotatable bonds is 15. The third-order valence-electron chi connectivity index (χ3n) is 9.66. The number of halogens is 3. The summed E-state index contributed by atoms with van der Waals surface area (Å²) >= 11 is 0. The van der Waals surface area contributed by atoms with E-state index in [-0.39, 0.29) is 25.6 Å². The topological polar surface area (TPSA) is 134 Å². The summed E-state index contributed by atoms with van der Waals surface area (Å²) in [6.45, 7) is 10.1. The summed E-state index contributed by atoms with van der Waals surface area (Å²) in [5.41, 5.74) is 4.85. The number of carbonyl (C=O) groups excluding carboxylic acids is 1. The second-order valence-electron chi connectivity index (χ2n) is 13.0. The van der Waals surface area contributed by atoms with Crippen molar-refractivity contribution >= 4 is 13.3 Å². The van der Waals surface area contributed by atoms with E-state index in [2.05, 4.69) is 37.4 Å². The molecule has 2 aromatic carbocycles. The summed E-state index contributed by atoms with van der Waals surface area (Å²) in [5.74, 6) is 3.53. The van der Waals surface area contributed by atoms with Crippen molar-refractivity contribution < 1.29 is 52.7 Å². The van der Waals surface area contributed by atoms with Gasteiger partial charge in [0.15, 0.2) is 0 Å². The van der Waals surface area contributed by atoms with E-state index in [1.54, 1.807) is 0 Å². The molecule has 0 saturated heterocycles. The summed E-state index contributed by atoms with van der Waals surface area (Å²) in [4.78, 5) is 16.4. The average molecular weight is 723 g/mol. The predicted molar refractivity (Wildman–Crippen MR) is 194 cm³/mol. The average Bonchev–Trinajstić information content (AvgIpc) is 3.16. The molecule has 0 bridgehead atoms. The van der Waals surface area contributed by atoms with Gasteiger partial charge in [-0.25, -0.2) is 0 Å². The smallest absolute Gasteiger partial charge is 0.389 e. The lowest BCUT2D eigenvalue weighted by Gasteiger charge is -2.38. The fraction of sp³-hybridized carbons (Fsp3) is 0.550. The number of aliphatic hydroxyl groups is 3. The third-order valence-corrected chi connectivity index (χ3v) is 9.66. The van der Waals surface area contributed by atoms with E-state index >= 15 is 0 Å². The van der Waals surface area contributed by atoms with Crippen LogP contribution in [-0.4, -0.2) is 73.4 Å². The lowest BCUT2D eigenvalue weighted by molar-refractivity contribution is -0.138. The Kier molecular flexibility index (Phi) is 22.5. The van der Waals surface area contributed by atoms with Crippen molar-refractivity contribution in [3.8, 4) is 22.6 Å². The molecule has 0 spiro atoms. The minimum atomic E-state index is -4.03. The van der Waals surface area contributed by atoms with Gasteiger partial charge in [0.2, 0.25) is 0 Å². The number of hydrogen-bond donors (Lipinski definition) is 4. The molecular weight excluding hydrogens is 665 g/mol. The van der Waals surface area contributed by atoms with Crippen LogP contribution in [0.5, 0.6) is 11.5 Å². The zero-order chi connectivity index (χ0) is 38.2. The summed E-state index contributed by atoms with van der Waals surface area (Å²) in [6, 6.07) is 14.6. The predicted octanol–water partition coefficient (Wildman–Crippen LogP) is 8.54. The van der Waals surface area contributed by atoms with Crippen LogP contribution in [0.1, 0.15) is 88.5 Å². The Hall–Kier alpha value is -3.67. The van der Waals surface area contributed by atoms with E-state index in [1.165, 1.54) is 18.4 Å². The highest BCUT2D eigenvalue weighted by molar-refractivity contribution is 5.67. The Labute approximate surface area is 301 Å². The quantitative estimate of drug-likeness (QED) is 0.106. The highest BCUT2D eigenvalue weighted by Crippen LogP contribution is 2.45. The van der Waals surface area contributed by atoms with Gasteiger partial charge in [0.1, 0.15) is 18.3 Å². The summed E-state index contributed by atoms with van der Waals surface area (Å²) in [7, 11) is 1.00. The van der Waals surface area contributed by atoms with Crippen LogP contribution in [0.4, 0.5) is 13.2 Å². The van der Waals surface area contributed by atoms with Gasteiger partial charge in [-0.2, -0.15) is 13.2 Å². The normalized spacial score (nSPS) is 19.7. The molecule has 0 unspecified atom stereocenters. The molecule has 2 aromatic rings. The van der Waals surface area contributed by atoms with Crippen molar-refractivity contribution in [1.29, 1.82) is 0 Å². The van der Waals surface area contributed by atoms with Gasteiger partial charge in [-0.1, -0.05) is 50.3 Å². The molecule has 0 atom stereocenters. The van der Waals surface area contributed by atoms with Crippen molar-refractivity contribution in [2.45, 2.75) is 89.1 Å². The summed E-state index contributed by atoms with van der Waals surface area (Å²) in [6.07, 6.45) is 5.59. The maximum absolute atomic E-state index is 12.6. The zero-order valence-electron chi connectivity index (χ0n) is 29.9. The molecule has 0 amide bonds. The molecule has 2 fully saturated rings. The van der Waals surface area contributed by atoms with Crippen LogP contribution in [0.2, 0.25) is 0 Å². The van der Waals surface area contributed by atoms with E-state index in [9.17, 15) is 23.4 Å². The molecule has 2 aliphatic carbocycles. The first-order valence-corrected chi connectivity index (χ1v) is 17.5. The van der Waals surface area contributed by atoms with Crippen molar-refractivity contribution in [1.82, 2.24) is 0 Å². The van der Waals surface area contributed by atoms with Gasteiger partial charge in [-0.15, -0.1) is 0 Å². The molecule has 8 nitrogen and oxygen atoms in total. The van der Waals surface area contributed by atoms with Crippen molar-refractivity contribution in [2.24, 2.45) is 17.8 Å². The van der Waals surface area contributed by atoms with Crippen LogP contribution < -0.4 is 9.47 Å². The molecule has 0 radical (unpaired) electrons. The van der Waals surface area contributed by atoms with E-state index in [0.29, 0.717) is 61.7 Å². The molecule has 11 heteroatoms. The highest BCUT2D eigenvalue weighted by atomic mass is 19.4. The Balaban J connectivity index is 0.00000173. The first kappa shape index (κ1) is 45.4. The van der Waals surface area contributed by atoms with Crippen molar-refractivity contribution in [3.05, 3.63) is 72.3 Å². The van der Waals surface area contributed by atoms with Crippen molar-refractivity contribution in [2.75, 3.05) is 33.5 Å². The van der Waals surface area contributed by atoms with Gasteiger partial charge in [-0.05, 0) is 109 Å². The number of carboxylic acid groups (broad SMARTS) is 1. The molecule has 0 aromatic heterocycles. The zero-order valence-corrected chi connectivity index (χ0v) is 29.9. The fourth-order valence-electron chi connectivity index (χ4n) is 6.88. The van der Waals surface area contributed by atoms with Gasteiger partial charge < -0.3 is 34.7 Å². The number of benzene rings is 2. The maximum atomic E-state index is 12.6. The number of carbonyl (C=O) groups is 2. The molecule has 4 rings (SSSR count). The monoisotopic (exact) mass is 722 g/mol. The standard InChI is InChI=1S/C37H49F3O4.CH2O2.CH4O.CH2O/c1-26(24-41)16-19-43-35-21-34(22-36(23-35)44-20-17-27(2)25-42)33-13-11-32(12-14-33)31-9-7-30(8-10-31)29-5-3-28(4-6-29)15-18-37(38,39)40;2-1-3;2*1-2/h11-14,21-23,28-31,41-42H,1-10,15-20,24-25H2;1H,(H,2,3);2H,1H3;1H2. The van der Waals surface area contributed by atoms with Crippen LogP contribution in [0.3, 0.4) is 0 Å². The van der Waals surface area contributed by atoms with Gasteiger partial charge in [-0.3, -0.25) is 4.79 Å². The Bertz CT molecular complexity index is 1230. The molecule has 0 aliphatic heterocycles. The second kappa shape index (κ2) is 25.3. The lowest BCUT2D eigenvalue weighted by Crippen LogP contribution is -2.26. The van der Waals surface area contributed by atoms with E-state index in [0.717, 1.165) is 67.9 Å². The van der Waals surface area contributed by atoms with Gasteiger partial charge in [0.05, 0.1) is 26.4 Å². The third kappa shape index (κ3) is 17.4. The molecule has 0 heterocycles. The number of aliphatic hydroxyl groups excluding tert-OH is 3. The number of ether oxygens (including phenoxy) is 2. The minimum absolute atomic E-state index is 0.0597. The Morgan fingerprint density at radius 3 is 1.61 bits per heavy atom. The van der Waals surface area contributed by atoms with Crippen LogP contribution in [-0.2, 0) is 9.59 Å². The molecular formula is C40H57F3O8. The SMILES string of the molecule is C=C(CO)CCOc1cc(OCCC(=C)CO)cc(-c2ccc(C3CCC(C4CCC(CCC(F)(F)F)CC4)CC3)cc2)c1.C=O.CO.O=CO. The highest BCUT2D eigenvalue weighted by Gasteiger charge is 2.33. The van der Waals surface area contributed by atoms with Gasteiger partial charge in [0, 0.05) is 32.4 Å². The largest absolute Gasteiger partial charge is 0.493 e. The maximum Gasteiger partial charge on any atom is 0.389 e. The first-order valence-electron chi connectivity index (χ1n) is 17.5. The van der Waals surface area contributed by atoms with Gasteiger partial charge >= 0.3 is 6.18 Å². The second-order valence-corrected chi connectivity index (χ2v) is 13.0. The van der Waals surface area contributed by atoms with Crippen LogP contribution in [0.25, 0.3) is 11.1 Å². The van der Waals surface area contributed by atoms with E-state index in [1.807, 2.05) is 25.0 Å². The van der Waals surface area contributed by atoms with Crippen molar-refractivity contribution in [3.63, 3.8) is 0 Å². The molecule has 2 aliphatic rings. The Morgan fingerprint density at radius 2 is 1.20 bits per heavy atom. The first-order chi connectivity index (χ1) is 24.5. The van der Waals surface area contributed by atoms with E-state index < -0.39 is 12.6 Å². The lowest BCUT2D eigenvalue weighted by atomic mass is 9.68. The Morgan fingerprint density at radius 1 is 0.765 bits per heavy atom. The van der Waals surface area contributed by atoms with Crippen LogP contribution >= 0.6 is 0 Å². The molecule has 286 valence electrons. The van der Waals surface area contributed by atoms with Crippen LogP contribution in [0.15, 0.2) is 66.8 Å². The molecule has 2 saturated carbocycles. The summed E-state index contributed by atoms with van der Waals surface area (Å²) < 4.78 is 49.8. The number of alkyl halides is 3. The molecule has 51 heavy (non-hydrogen) atoms. The number of hydrogen-bond acceptors (Lipinski definition) is 7. The minimum Gasteiger partial charge on any atom is -0.493 e. The van der Waals surface area contributed by atoms with Crippen LogP contribution in [0, 0.1) is 17.8 Å². The van der Waals surface area contributed by atoms with E-state index in [4.69, 9.17) is 29.3 Å². The molecule has 4 N–H and O–H groups in total. The van der Waals surface area contributed by atoms with Gasteiger partial charge in [0.25, 0.3) is 6.47 Å². The fourth-order valence-corrected chi connectivity index (χ4v) is 6.88.